The molecule has 1 heterocycles. The van der Waals surface area contributed by atoms with E-state index in [2.05, 4.69) is 43.5 Å². The Hall–Kier alpha value is -1.37. The SMILES string of the molecule is CCCCCCCCCCC/C=C\C/C=C\CCCCCCCCCCCCCCC(O)C(=O)NC(COC1OC(CO)C(O)C(O)C1O)C(O)CCCCCCCCCCCCCCCCC. The van der Waals surface area contributed by atoms with Gasteiger partial charge < -0.3 is 45.4 Å². The molecule has 0 saturated carbocycles. The lowest BCUT2D eigenvalue weighted by atomic mass is 9.99. The van der Waals surface area contributed by atoms with Crippen molar-refractivity contribution in [3.63, 3.8) is 0 Å². The van der Waals surface area contributed by atoms with Gasteiger partial charge in [0, 0.05) is 0 Å². The van der Waals surface area contributed by atoms with Gasteiger partial charge >= 0.3 is 0 Å². The van der Waals surface area contributed by atoms with Gasteiger partial charge in [-0.15, -0.1) is 0 Å². The number of unbranched alkanes of at least 4 members (excludes halogenated alkanes) is 35. The maximum atomic E-state index is 13.1. The summed E-state index contributed by atoms with van der Waals surface area (Å²) in [4.78, 5) is 13.1. The second-order valence-electron chi connectivity index (χ2n) is 20.6. The highest BCUT2D eigenvalue weighted by molar-refractivity contribution is 5.80. The van der Waals surface area contributed by atoms with E-state index in [1.165, 1.54) is 193 Å². The highest BCUT2D eigenvalue weighted by atomic mass is 16.7. The van der Waals surface area contributed by atoms with E-state index in [4.69, 9.17) is 9.47 Å². The first-order valence-corrected chi connectivity index (χ1v) is 29.1. The van der Waals surface area contributed by atoms with Gasteiger partial charge in [0.1, 0.15) is 30.5 Å². The summed E-state index contributed by atoms with van der Waals surface area (Å²) in [5.41, 5.74) is 0. The quantitative estimate of drug-likeness (QED) is 0.0232. The Balaban J connectivity index is 2.21. The molecule has 8 unspecified atom stereocenters. The van der Waals surface area contributed by atoms with Gasteiger partial charge in [-0.2, -0.15) is 0 Å². The minimum atomic E-state index is -1.60. The molecule has 402 valence electrons. The van der Waals surface area contributed by atoms with Crippen molar-refractivity contribution in [3.8, 4) is 0 Å². The van der Waals surface area contributed by atoms with Crippen LogP contribution in [0.3, 0.4) is 0 Å². The molecule has 0 aromatic carbocycles. The summed E-state index contributed by atoms with van der Waals surface area (Å²) in [7, 11) is 0. The molecule has 1 aliphatic rings. The van der Waals surface area contributed by atoms with Crippen molar-refractivity contribution in [2.45, 2.75) is 326 Å². The molecule has 0 spiro atoms. The molecular formula is C58H111NO9. The van der Waals surface area contributed by atoms with Gasteiger partial charge in [0.05, 0.1) is 25.4 Å². The Morgan fingerprint density at radius 2 is 0.868 bits per heavy atom. The van der Waals surface area contributed by atoms with E-state index in [1.807, 2.05) is 0 Å². The van der Waals surface area contributed by atoms with Gasteiger partial charge in [0.15, 0.2) is 6.29 Å². The van der Waals surface area contributed by atoms with Crippen molar-refractivity contribution >= 4 is 5.91 Å². The van der Waals surface area contributed by atoms with E-state index < -0.39 is 61.5 Å². The van der Waals surface area contributed by atoms with Crippen molar-refractivity contribution in [1.82, 2.24) is 5.32 Å². The van der Waals surface area contributed by atoms with E-state index >= 15 is 0 Å². The van der Waals surface area contributed by atoms with Gasteiger partial charge in [0.25, 0.3) is 0 Å². The zero-order chi connectivity index (χ0) is 49.6. The number of ether oxygens (including phenoxy) is 2. The fraction of sp³-hybridized carbons (Fsp3) is 0.914. The normalized spacial score (nSPS) is 20.1. The van der Waals surface area contributed by atoms with E-state index in [9.17, 15) is 35.4 Å². The number of hydrogen-bond donors (Lipinski definition) is 7. The average Bonchev–Trinajstić information content (AvgIpc) is 3.34. The average molecular weight is 967 g/mol. The number of nitrogens with one attached hydrogen (secondary N) is 1. The molecule has 7 N–H and O–H groups in total. The highest BCUT2D eigenvalue weighted by Gasteiger charge is 2.44. The van der Waals surface area contributed by atoms with Gasteiger partial charge in [0.2, 0.25) is 5.91 Å². The van der Waals surface area contributed by atoms with Crippen LogP contribution in [-0.2, 0) is 14.3 Å². The van der Waals surface area contributed by atoms with Gasteiger partial charge in [-0.1, -0.05) is 256 Å². The second kappa shape index (κ2) is 47.9. The number of allylic oxidation sites excluding steroid dienone is 4. The topological polar surface area (TPSA) is 169 Å². The number of amides is 1. The maximum absolute atomic E-state index is 13.1. The third kappa shape index (κ3) is 36.5. The summed E-state index contributed by atoms with van der Waals surface area (Å²) in [6, 6.07) is -0.894. The van der Waals surface area contributed by atoms with Crippen LogP contribution in [0.5, 0.6) is 0 Å². The minimum absolute atomic E-state index is 0.254. The molecule has 1 saturated heterocycles. The highest BCUT2D eigenvalue weighted by Crippen LogP contribution is 2.23. The van der Waals surface area contributed by atoms with Crippen LogP contribution in [0.15, 0.2) is 24.3 Å². The molecule has 0 aromatic heterocycles. The van der Waals surface area contributed by atoms with Crippen molar-refractivity contribution in [2.75, 3.05) is 13.2 Å². The van der Waals surface area contributed by atoms with E-state index in [0.717, 1.165) is 57.8 Å². The molecule has 10 heteroatoms. The number of carbonyl (C=O) groups excluding carboxylic acids is 1. The molecule has 8 atom stereocenters. The van der Waals surface area contributed by atoms with E-state index in [0.29, 0.717) is 12.8 Å². The number of hydrogen-bond acceptors (Lipinski definition) is 9. The Morgan fingerprint density at radius 3 is 1.26 bits per heavy atom. The van der Waals surface area contributed by atoms with Crippen LogP contribution in [0.4, 0.5) is 0 Å². The molecule has 1 amide bonds. The van der Waals surface area contributed by atoms with Crippen molar-refractivity contribution in [2.24, 2.45) is 0 Å². The van der Waals surface area contributed by atoms with Crippen LogP contribution in [0.2, 0.25) is 0 Å². The number of aliphatic hydroxyl groups is 6. The van der Waals surface area contributed by atoms with Gasteiger partial charge in [-0.3, -0.25) is 4.79 Å². The van der Waals surface area contributed by atoms with Crippen LogP contribution in [0.25, 0.3) is 0 Å². The first kappa shape index (κ1) is 64.6. The third-order valence-corrected chi connectivity index (χ3v) is 14.2. The van der Waals surface area contributed by atoms with Gasteiger partial charge in [-0.05, 0) is 44.9 Å². The molecule has 68 heavy (non-hydrogen) atoms. The predicted octanol–water partition coefficient (Wildman–Crippen LogP) is 13.2. The molecule has 0 radical (unpaired) electrons. The van der Waals surface area contributed by atoms with Crippen LogP contribution in [-0.4, -0.2) is 98.7 Å². The lowest BCUT2D eigenvalue weighted by Gasteiger charge is -2.40. The van der Waals surface area contributed by atoms with Crippen LogP contribution < -0.4 is 5.32 Å². The number of rotatable bonds is 50. The summed E-state index contributed by atoms with van der Waals surface area (Å²) >= 11 is 0. The first-order valence-electron chi connectivity index (χ1n) is 29.1. The van der Waals surface area contributed by atoms with E-state index in [1.54, 1.807) is 0 Å². The largest absolute Gasteiger partial charge is 0.394 e. The Morgan fingerprint density at radius 1 is 0.500 bits per heavy atom. The third-order valence-electron chi connectivity index (χ3n) is 14.2. The summed E-state index contributed by atoms with van der Waals surface area (Å²) in [5, 5.41) is 65.2. The molecular weight excluding hydrogens is 855 g/mol. The van der Waals surface area contributed by atoms with Crippen LogP contribution in [0, 0.1) is 0 Å². The molecule has 1 rings (SSSR count). The molecule has 10 nitrogen and oxygen atoms in total. The standard InChI is InChI=1S/C58H111NO9/c1-3-5-7-9-11-13-15-17-19-20-21-22-23-24-25-26-27-28-29-30-31-33-35-37-39-41-43-45-47-52(62)57(66)59-50(49-67-58-56(65)55(64)54(63)53(48-60)68-58)51(61)46-44-42-40-38-36-34-32-18-16-14-12-10-8-6-4-2/h21-22,24-25,50-56,58,60-65H,3-20,23,26-49H2,1-2H3,(H,59,66)/b22-21-,25-24-. The molecule has 1 fully saturated rings. The summed E-state index contributed by atoms with van der Waals surface area (Å²) in [6.45, 7) is 3.70. The Labute approximate surface area is 418 Å². The number of aliphatic hydroxyl groups excluding tert-OH is 6. The summed E-state index contributed by atoms with van der Waals surface area (Å²) < 4.78 is 11.2. The number of carbonyl (C=O) groups is 1. The van der Waals surface area contributed by atoms with Crippen molar-refractivity contribution in [3.05, 3.63) is 24.3 Å². The smallest absolute Gasteiger partial charge is 0.249 e. The lowest BCUT2D eigenvalue weighted by Crippen LogP contribution is -2.60. The zero-order valence-corrected chi connectivity index (χ0v) is 44.2. The van der Waals surface area contributed by atoms with Crippen LogP contribution >= 0.6 is 0 Å². The molecule has 1 aliphatic heterocycles. The van der Waals surface area contributed by atoms with Crippen molar-refractivity contribution in [1.29, 1.82) is 0 Å². The van der Waals surface area contributed by atoms with Gasteiger partial charge in [-0.25, -0.2) is 0 Å². The maximum Gasteiger partial charge on any atom is 0.249 e. The lowest BCUT2D eigenvalue weighted by molar-refractivity contribution is -0.302. The van der Waals surface area contributed by atoms with Crippen LogP contribution in [0.1, 0.15) is 277 Å². The first-order chi connectivity index (χ1) is 33.3. The minimum Gasteiger partial charge on any atom is -0.394 e. The Kier molecular flexibility index (Phi) is 45.6. The molecule has 0 bridgehead atoms. The summed E-state index contributed by atoms with van der Waals surface area (Å²) in [5.74, 6) is -0.582. The second-order valence-corrected chi connectivity index (χ2v) is 20.6. The molecule has 0 aliphatic carbocycles. The summed E-state index contributed by atoms with van der Waals surface area (Å²) in [6.07, 6.45) is 49.6. The van der Waals surface area contributed by atoms with E-state index in [-0.39, 0.29) is 6.61 Å². The monoisotopic (exact) mass is 966 g/mol. The fourth-order valence-corrected chi connectivity index (χ4v) is 9.44. The Bertz CT molecular complexity index is 1140. The fourth-order valence-electron chi connectivity index (χ4n) is 9.44. The zero-order valence-electron chi connectivity index (χ0n) is 44.2. The molecule has 0 aromatic rings. The predicted molar refractivity (Wildman–Crippen MR) is 283 cm³/mol. The van der Waals surface area contributed by atoms with Crippen molar-refractivity contribution < 1.29 is 44.9 Å².